The standard InChI is InChI=1S/C33H25ClN4O4S/c1-19-9-11-23(12-10-19)43(40,41)38-29(16-26-30(34)22(17-35)18-36-31(26)38)21-14-25(32(39)42-33(2,3)4)24-13-20-7-5-6-8-27(20)37-28(24)15-21/h5-16,18H,1-4H3. The van der Waals surface area contributed by atoms with Crippen LogP contribution in [0.15, 0.2) is 83.9 Å². The molecule has 0 bridgehead atoms. The molecule has 0 atom stereocenters. The van der Waals surface area contributed by atoms with Crippen LogP contribution in [0.25, 0.3) is 44.1 Å². The maximum atomic E-state index is 14.2. The average Bonchev–Trinajstić information content (AvgIpc) is 3.36. The smallest absolute Gasteiger partial charge is 0.339 e. The van der Waals surface area contributed by atoms with Gasteiger partial charge in [-0.2, -0.15) is 5.26 Å². The SMILES string of the molecule is Cc1ccc(S(=O)(=O)n2c(-c3cc(C(=O)OC(C)(C)C)c4cc5ccccc5nc4c3)cc3c(Cl)c(C#N)cnc32)cc1. The molecular formula is C33H25ClN4O4S. The molecule has 0 saturated heterocycles. The molecule has 6 aromatic rings. The summed E-state index contributed by atoms with van der Waals surface area (Å²) in [6.07, 6.45) is 1.25. The van der Waals surface area contributed by atoms with Crippen molar-refractivity contribution in [2.45, 2.75) is 38.2 Å². The normalized spacial score (nSPS) is 12.1. The zero-order valence-electron chi connectivity index (χ0n) is 23.7. The minimum absolute atomic E-state index is 0.0383. The first-order valence-electron chi connectivity index (χ1n) is 13.4. The number of aromatic nitrogens is 3. The fourth-order valence-corrected chi connectivity index (χ4v) is 6.67. The third-order valence-corrected chi connectivity index (χ3v) is 9.08. The van der Waals surface area contributed by atoms with Crippen molar-refractivity contribution in [3.63, 3.8) is 0 Å². The van der Waals surface area contributed by atoms with Gasteiger partial charge in [-0.15, -0.1) is 0 Å². The first-order valence-corrected chi connectivity index (χ1v) is 15.2. The summed E-state index contributed by atoms with van der Waals surface area (Å²) in [5.74, 6) is -0.580. The fourth-order valence-electron chi connectivity index (χ4n) is 4.96. The van der Waals surface area contributed by atoms with Crippen molar-refractivity contribution < 1.29 is 17.9 Å². The van der Waals surface area contributed by atoms with Crippen molar-refractivity contribution in [2.75, 3.05) is 0 Å². The van der Waals surface area contributed by atoms with E-state index in [0.29, 0.717) is 22.0 Å². The molecule has 10 heteroatoms. The van der Waals surface area contributed by atoms with Gasteiger partial charge in [-0.25, -0.2) is 27.2 Å². The van der Waals surface area contributed by atoms with E-state index in [1.807, 2.05) is 43.3 Å². The van der Waals surface area contributed by atoms with Crippen molar-refractivity contribution in [1.29, 1.82) is 5.26 Å². The number of para-hydroxylation sites is 1. The summed E-state index contributed by atoms with van der Waals surface area (Å²) in [5.41, 5.74) is 2.24. The molecule has 0 unspecified atom stereocenters. The van der Waals surface area contributed by atoms with E-state index in [1.165, 1.54) is 18.3 Å². The molecular weight excluding hydrogens is 584 g/mol. The zero-order chi connectivity index (χ0) is 30.7. The molecule has 3 heterocycles. The van der Waals surface area contributed by atoms with E-state index in [9.17, 15) is 18.5 Å². The Bertz CT molecular complexity index is 2260. The second-order valence-electron chi connectivity index (χ2n) is 11.2. The highest BCUT2D eigenvalue weighted by atomic mass is 35.5. The molecule has 8 nitrogen and oxygen atoms in total. The highest BCUT2D eigenvalue weighted by Crippen LogP contribution is 2.38. The Balaban J connectivity index is 1.71. The molecule has 0 aliphatic heterocycles. The molecule has 43 heavy (non-hydrogen) atoms. The summed E-state index contributed by atoms with van der Waals surface area (Å²) < 4.78 is 35.3. The van der Waals surface area contributed by atoms with E-state index in [-0.39, 0.29) is 37.8 Å². The predicted molar refractivity (Wildman–Crippen MR) is 167 cm³/mol. The first kappa shape index (κ1) is 28.3. The number of nitriles is 1. The second kappa shape index (κ2) is 10.2. The summed E-state index contributed by atoms with van der Waals surface area (Å²) in [4.78, 5) is 22.8. The van der Waals surface area contributed by atoms with Crippen molar-refractivity contribution >= 4 is 60.4 Å². The number of hydrogen-bond acceptors (Lipinski definition) is 7. The minimum atomic E-state index is -4.23. The van der Waals surface area contributed by atoms with Crippen LogP contribution in [-0.4, -0.2) is 33.9 Å². The number of halogens is 1. The molecule has 3 aromatic carbocycles. The van der Waals surface area contributed by atoms with Crippen LogP contribution < -0.4 is 0 Å². The van der Waals surface area contributed by atoms with Gasteiger partial charge in [-0.05, 0) is 70.2 Å². The molecule has 0 amide bonds. The average molecular weight is 609 g/mol. The van der Waals surface area contributed by atoms with Gasteiger partial charge in [0, 0.05) is 27.9 Å². The van der Waals surface area contributed by atoms with Gasteiger partial charge in [-0.3, -0.25) is 0 Å². The number of rotatable bonds is 4. The lowest BCUT2D eigenvalue weighted by Crippen LogP contribution is -2.24. The van der Waals surface area contributed by atoms with E-state index in [4.69, 9.17) is 21.3 Å². The molecule has 0 spiro atoms. The summed E-state index contributed by atoms with van der Waals surface area (Å²) in [6, 6.07) is 22.7. The Morgan fingerprint density at radius 1 is 0.977 bits per heavy atom. The molecule has 0 aliphatic carbocycles. The maximum Gasteiger partial charge on any atom is 0.339 e. The van der Waals surface area contributed by atoms with Gasteiger partial charge >= 0.3 is 5.97 Å². The molecule has 6 rings (SSSR count). The van der Waals surface area contributed by atoms with E-state index in [1.54, 1.807) is 51.1 Å². The minimum Gasteiger partial charge on any atom is -0.456 e. The fraction of sp³-hybridized carbons (Fsp3) is 0.152. The van der Waals surface area contributed by atoms with Crippen molar-refractivity contribution in [1.82, 2.24) is 13.9 Å². The van der Waals surface area contributed by atoms with Crippen LogP contribution in [-0.2, 0) is 14.8 Å². The van der Waals surface area contributed by atoms with Gasteiger partial charge in [0.25, 0.3) is 10.0 Å². The summed E-state index contributed by atoms with van der Waals surface area (Å²) in [6.45, 7) is 7.19. The number of carbonyl (C=O) groups excluding carboxylic acids is 1. The summed E-state index contributed by atoms with van der Waals surface area (Å²) >= 11 is 6.59. The number of carbonyl (C=O) groups is 1. The number of aryl methyl sites for hydroxylation is 1. The maximum absolute atomic E-state index is 14.2. The van der Waals surface area contributed by atoms with Crippen molar-refractivity contribution in [3.8, 4) is 17.3 Å². The number of fused-ring (bicyclic) bond motifs is 3. The van der Waals surface area contributed by atoms with Crippen LogP contribution in [0, 0.1) is 18.3 Å². The largest absolute Gasteiger partial charge is 0.456 e. The Hall–Kier alpha value is -4.78. The van der Waals surface area contributed by atoms with Gasteiger partial charge in [0.05, 0.1) is 37.8 Å². The zero-order valence-corrected chi connectivity index (χ0v) is 25.3. The topological polar surface area (TPSA) is 115 Å². The number of benzene rings is 3. The van der Waals surface area contributed by atoms with E-state index in [2.05, 4.69) is 4.98 Å². The molecule has 0 radical (unpaired) electrons. The van der Waals surface area contributed by atoms with Crippen LogP contribution in [0.1, 0.15) is 42.3 Å². The van der Waals surface area contributed by atoms with Crippen molar-refractivity contribution in [3.05, 3.63) is 101 Å². The first-order chi connectivity index (χ1) is 20.4. The lowest BCUT2D eigenvalue weighted by Gasteiger charge is -2.20. The quantitative estimate of drug-likeness (QED) is 0.151. The highest BCUT2D eigenvalue weighted by Gasteiger charge is 2.28. The summed E-state index contributed by atoms with van der Waals surface area (Å²) in [5, 5.41) is 11.3. The number of ether oxygens (including phenoxy) is 1. The van der Waals surface area contributed by atoms with E-state index in [0.717, 1.165) is 14.9 Å². The number of hydrogen-bond donors (Lipinski definition) is 0. The number of pyridine rings is 2. The molecule has 0 aliphatic rings. The Morgan fingerprint density at radius 2 is 1.70 bits per heavy atom. The Morgan fingerprint density at radius 3 is 2.40 bits per heavy atom. The monoisotopic (exact) mass is 608 g/mol. The van der Waals surface area contributed by atoms with Crippen molar-refractivity contribution in [2.24, 2.45) is 0 Å². The van der Waals surface area contributed by atoms with Crippen LogP contribution in [0.2, 0.25) is 5.02 Å². The van der Waals surface area contributed by atoms with E-state index < -0.39 is 21.6 Å². The van der Waals surface area contributed by atoms with Gasteiger partial charge in [0.15, 0.2) is 5.65 Å². The Labute approximate surface area is 253 Å². The lowest BCUT2D eigenvalue weighted by atomic mass is 10.0. The third-order valence-electron chi connectivity index (χ3n) is 6.95. The highest BCUT2D eigenvalue weighted by molar-refractivity contribution is 7.90. The van der Waals surface area contributed by atoms with Gasteiger partial charge in [-0.1, -0.05) is 47.5 Å². The van der Waals surface area contributed by atoms with Crippen LogP contribution in [0.3, 0.4) is 0 Å². The van der Waals surface area contributed by atoms with Crippen LogP contribution in [0.5, 0.6) is 0 Å². The Kier molecular flexibility index (Phi) is 6.72. The van der Waals surface area contributed by atoms with E-state index >= 15 is 0 Å². The second-order valence-corrected chi connectivity index (χ2v) is 13.4. The summed E-state index contributed by atoms with van der Waals surface area (Å²) in [7, 11) is -4.23. The van der Waals surface area contributed by atoms with Crippen LogP contribution >= 0.6 is 11.6 Å². The number of nitrogens with zero attached hydrogens (tertiary/aromatic N) is 4. The molecule has 0 fully saturated rings. The molecule has 3 aromatic heterocycles. The van der Waals surface area contributed by atoms with Crippen LogP contribution in [0.4, 0.5) is 0 Å². The number of esters is 1. The van der Waals surface area contributed by atoms with Gasteiger partial charge < -0.3 is 4.74 Å². The van der Waals surface area contributed by atoms with Gasteiger partial charge in [0.1, 0.15) is 11.7 Å². The predicted octanol–water partition coefficient (Wildman–Crippen LogP) is 7.43. The molecule has 214 valence electrons. The molecule has 0 N–H and O–H groups in total. The van der Waals surface area contributed by atoms with Gasteiger partial charge in [0.2, 0.25) is 0 Å². The lowest BCUT2D eigenvalue weighted by molar-refractivity contribution is 0.00718. The third kappa shape index (κ3) is 4.99. The molecule has 0 saturated carbocycles.